The number of hydrogen-bond acceptors (Lipinski definition) is 2. The van der Waals surface area contributed by atoms with E-state index in [0.29, 0.717) is 12.8 Å². The van der Waals surface area contributed by atoms with Gasteiger partial charge in [-0.2, -0.15) is 0 Å². The van der Waals surface area contributed by atoms with Gasteiger partial charge in [-0.05, 0) is 32.6 Å². The van der Waals surface area contributed by atoms with Gasteiger partial charge in [-0.15, -0.1) is 0 Å². The number of rotatable bonds is 2. The molecule has 1 heterocycles. The summed E-state index contributed by atoms with van der Waals surface area (Å²) in [6, 6.07) is 0.246. The Bertz CT molecular complexity index is 378. The van der Waals surface area contributed by atoms with Crippen LogP contribution in [-0.2, 0) is 9.59 Å². The van der Waals surface area contributed by atoms with Crippen molar-refractivity contribution in [2.45, 2.75) is 51.5 Å². The van der Waals surface area contributed by atoms with Crippen molar-refractivity contribution in [3.8, 4) is 0 Å². The van der Waals surface area contributed by atoms with Gasteiger partial charge in [0.25, 0.3) is 0 Å². The van der Waals surface area contributed by atoms with Crippen LogP contribution in [0.15, 0.2) is 12.2 Å². The quantitative estimate of drug-likeness (QED) is 0.780. The maximum Gasteiger partial charge on any atom is 0.307 e. The van der Waals surface area contributed by atoms with Crippen molar-refractivity contribution in [3.05, 3.63) is 12.2 Å². The summed E-state index contributed by atoms with van der Waals surface area (Å²) < 4.78 is 0. The minimum atomic E-state index is -0.842. The lowest BCUT2D eigenvalue weighted by atomic mass is 9.82. The SMILES string of the molecule is CC1CCCCCN1C(=O)C1CC=CCC1C(=O)O. The second-order valence-electron chi connectivity index (χ2n) is 5.72. The van der Waals surface area contributed by atoms with Crippen molar-refractivity contribution in [3.63, 3.8) is 0 Å². The van der Waals surface area contributed by atoms with E-state index in [0.717, 1.165) is 25.8 Å². The van der Waals surface area contributed by atoms with Crippen LogP contribution in [0.5, 0.6) is 0 Å². The second kappa shape index (κ2) is 6.22. The average molecular weight is 265 g/mol. The predicted octanol–water partition coefficient (Wildman–Crippen LogP) is 2.44. The van der Waals surface area contributed by atoms with E-state index >= 15 is 0 Å². The molecule has 4 heteroatoms. The summed E-state index contributed by atoms with van der Waals surface area (Å²) in [5.41, 5.74) is 0. The molecule has 4 nitrogen and oxygen atoms in total. The van der Waals surface area contributed by atoms with Crippen LogP contribution in [0.4, 0.5) is 0 Å². The number of carboxylic acids is 1. The van der Waals surface area contributed by atoms with Crippen LogP contribution in [0.25, 0.3) is 0 Å². The topological polar surface area (TPSA) is 57.6 Å². The van der Waals surface area contributed by atoms with Crippen LogP contribution < -0.4 is 0 Å². The fourth-order valence-electron chi connectivity index (χ4n) is 3.18. The molecule has 0 aromatic carbocycles. The summed E-state index contributed by atoms with van der Waals surface area (Å²) in [7, 11) is 0. The Morgan fingerprint density at radius 1 is 1.11 bits per heavy atom. The van der Waals surface area contributed by atoms with Crippen LogP contribution in [0.1, 0.15) is 45.4 Å². The largest absolute Gasteiger partial charge is 0.481 e. The van der Waals surface area contributed by atoms with Gasteiger partial charge in [0.05, 0.1) is 11.8 Å². The number of carbonyl (C=O) groups excluding carboxylic acids is 1. The molecule has 0 radical (unpaired) electrons. The first kappa shape index (κ1) is 14.1. The van der Waals surface area contributed by atoms with Crippen LogP contribution >= 0.6 is 0 Å². The maximum absolute atomic E-state index is 12.7. The van der Waals surface area contributed by atoms with E-state index in [-0.39, 0.29) is 17.9 Å². The van der Waals surface area contributed by atoms with Gasteiger partial charge in [0, 0.05) is 12.6 Å². The molecule has 1 amide bonds. The molecular formula is C15H23NO3. The number of allylic oxidation sites excluding steroid dienone is 2. The predicted molar refractivity (Wildman–Crippen MR) is 72.6 cm³/mol. The fourth-order valence-corrected chi connectivity index (χ4v) is 3.18. The average Bonchev–Trinajstić information content (AvgIpc) is 2.62. The number of carboxylic acid groups (broad SMARTS) is 1. The van der Waals surface area contributed by atoms with E-state index in [1.807, 2.05) is 17.1 Å². The molecule has 3 atom stereocenters. The van der Waals surface area contributed by atoms with Crippen LogP contribution in [-0.4, -0.2) is 34.5 Å². The molecule has 0 bridgehead atoms. The lowest BCUT2D eigenvalue weighted by Crippen LogP contribution is -2.45. The maximum atomic E-state index is 12.7. The molecule has 1 aliphatic carbocycles. The van der Waals surface area contributed by atoms with Gasteiger partial charge < -0.3 is 10.0 Å². The van der Waals surface area contributed by atoms with Crippen molar-refractivity contribution >= 4 is 11.9 Å². The third-order valence-electron chi connectivity index (χ3n) is 4.40. The zero-order chi connectivity index (χ0) is 13.8. The summed E-state index contributed by atoms with van der Waals surface area (Å²) in [6.45, 7) is 2.87. The van der Waals surface area contributed by atoms with Gasteiger partial charge in [0.15, 0.2) is 0 Å². The molecule has 19 heavy (non-hydrogen) atoms. The Balaban J connectivity index is 2.12. The van der Waals surface area contributed by atoms with Crippen molar-refractivity contribution in [1.82, 2.24) is 4.90 Å². The Morgan fingerprint density at radius 3 is 2.47 bits per heavy atom. The number of likely N-dealkylation sites (tertiary alicyclic amines) is 1. The third-order valence-corrected chi connectivity index (χ3v) is 4.40. The molecule has 0 aromatic heterocycles. The minimum Gasteiger partial charge on any atom is -0.481 e. The van der Waals surface area contributed by atoms with Crippen molar-refractivity contribution in [2.24, 2.45) is 11.8 Å². The van der Waals surface area contributed by atoms with Gasteiger partial charge in [0.2, 0.25) is 5.91 Å². The molecule has 2 rings (SSSR count). The lowest BCUT2D eigenvalue weighted by molar-refractivity contribution is -0.151. The Hall–Kier alpha value is -1.32. The Labute approximate surface area is 114 Å². The monoisotopic (exact) mass is 265 g/mol. The smallest absolute Gasteiger partial charge is 0.307 e. The first-order valence-corrected chi connectivity index (χ1v) is 7.29. The second-order valence-corrected chi connectivity index (χ2v) is 5.72. The molecule has 1 fully saturated rings. The normalized spacial score (nSPS) is 31.8. The van der Waals surface area contributed by atoms with Gasteiger partial charge in [0.1, 0.15) is 0 Å². The molecule has 1 N–H and O–H groups in total. The van der Waals surface area contributed by atoms with Crippen LogP contribution in [0.2, 0.25) is 0 Å². The molecule has 1 saturated heterocycles. The molecule has 1 aliphatic heterocycles. The van der Waals surface area contributed by atoms with E-state index < -0.39 is 11.9 Å². The van der Waals surface area contributed by atoms with Crippen molar-refractivity contribution < 1.29 is 14.7 Å². The minimum absolute atomic E-state index is 0.0474. The van der Waals surface area contributed by atoms with Gasteiger partial charge in [-0.3, -0.25) is 9.59 Å². The number of amides is 1. The first-order chi connectivity index (χ1) is 9.11. The van der Waals surface area contributed by atoms with Gasteiger partial charge in [-0.25, -0.2) is 0 Å². The highest BCUT2D eigenvalue weighted by Crippen LogP contribution is 2.29. The zero-order valence-corrected chi connectivity index (χ0v) is 11.5. The Morgan fingerprint density at radius 2 is 1.79 bits per heavy atom. The Kier molecular flexibility index (Phi) is 4.61. The van der Waals surface area contributed by atoms with E-state index in [9.17, 15) is 14.7 Å². The molecule has 106 valence electrons. The number of carbonyl (C=O) groups is 2. The highest BCUT2D eigenvalue weighted by molar-refractivity contribution is 5.85. The number of hydrogen-bond donors (Lipinski definition) is 1. The molecule has 0 saturated carbocycles. The third kappa shape index (κ3) is 3.17. The molecular weight excluding hydrogens is 242 g/mol. The van der Waals surface area contributed by atoms with E-state index in [4.69, 9.17) is 0 Å². The molecule has 2 aliphatic rings. The highest BCUT2D eigenvalue weighted by atomic mass is 16.4. The van der Waals surface area contributed by atoms with Gasteiger partial charge in [-0.1, -0.05) is 25.0 Å². The van der Waals surface area contributed by atoms with E-state index in [1.165, 1.54) is 6.42 Å². The highest BCUT2D eigenvalue weighted by Gasteiger charge is 2.37. The molecule has 3 unspecified atom stereocenters. The standard InChI is InChI=1S/C15H23NO3/c1-11-7-3-2-6-10-16(11)14(17)12-8-4-5-9-13(12)15(18)19/h4-5,11-13H,2-3,6-10H2,1H3,(H,18,19). The number of nitrogens with zero attached hydrogens (tertiary/aromatic N) is 1. The van der Waals surface area contributed by atoms with Crippen LogP contribution in [0.3, 0.4) is 0 Å². The summed E-state index contributed by atoms with van der Waals surface area (Å²) in [5, 5.41) is 9.27. The number of aliphatic carboxylic acids is 1. The summed E-state index contributed by atoms with van der Waals surface area (Å²) in [6.07, 6.45) is 9.28. The summed E-state index contributed by atoms with van der Waals surface area (Å²) in [5.74, 6) is -1.72. The van der Waals surface area contributed by atoms with E-state index in [1.54, 1.807) is 0 Å². The van der Waals surface area contributed by atoms with Gasteiger partial charge >= 0.3 is 5.97 Å². The van der Waals surface area contributed by atoms with Crippen molar-refractivity contribution in [2.75, 3.05) is 6.54 Å². The molecule has 0 aromatic rings. The van der Waals surface area contributed by atoms with Crippen molar-refractivity contribution in [1.29, 1.82) is 0 Å². The first-order valence-electron chi connectivity index (χ1n) is 7.29. The van der Waals surface area contributed by atoms with Crippen LogP contribution in [0, 0.1) is 11.8 Å². The molecule has 0 spiro atoms. The van der Waals surface area contributed by atoms with E-state index in [2.05, 4.69) is 6.92 Å². The lowest BCUT2D eigenvalue weighted by Gasteiger charge is -2.33. The fraction of sp³-hybridized carbons (Fsp3) is 0.733. The summed E-state index contributed by atoms with van der Waals surface area (Å²) >= 11 is 0. The summed E-state index contributed by atoms with van der Waals surface area (Å²) in [4.78, 5) is 25.9. The zero-order valence-electron chi connectivity index (χ0n) is 11.5.